The average molecular weight is 572 g/mol. The Morgan fingerprint density at radius 2 is 1.49 bits per heavy atom. The lowest BCUT2D eigenvalue weighted by atomic mass is 10.0. The highest BCUT2D eigenvalue weighted by molar-refractivity contribution is 7.47. The van der Waals surface area contributed by atoms with Gasteiger partial charge in [0.2, 0.25) is 0 Å². The van der Waals surface area contributed by atoms with Gasteiger partial charge in [-0.1, -0.05) is 90.4 Å². The van der Waals surface area contributed by atoms with Gasteiger partial charge in [0.15, 0.2) is 17.7 Å². The van der Waals surface area contributed by atoms with Crippen LogP contribution in [0.3, 0.4) is 0 Å². The topological polar surface area (TPSA) is 175 Å². The van der Waals surface area contributed by atoms with Gasteiger partial charge in [0.1, 0.15) is 30.2 Å². The van der Waals surface area contributed by atoms with Crippen LogP contribution in [0.1, 0.15) is 103 Å². The number of aliphatic hydroxyl groups is 2. The van der Waals surface area contributed by atoms with E-state index in [-0.39, 0.29) is 12.4 Å². The van der Waals surface area contributed by atoms with Crippen LogP contribution in [0.15, 0.2) is 12.7 Å². The van der Waals surface area contributed by atoms with Crippen molar-refractivity contribution in [2.45, 2.75) is 121 Å². The highest BCUT2D eigenvalue weighted by Gasteiger charge is 2.45. The van der Waals surface area contributed by atoms with Crippen LogP contribution in [0.2, 0.25) is 0 Å². The Balaban J connectivity index is 1.25. The van der Waals surface area contributed by atoms with E-state index in [2.05, 4.69) is 21.9 Å². The molecule has 2 aromatic heterocycles. The summed E-state index contributed by atoms with van der Waals surface area (Å²) in [5, 5.41) is 20.9. The highest BCUT2D eigenvalue weighted by Crippen LogP contribution is 2.44. The first kappa shape index (κ1) is 31.9. The molecule has 0 saturated carbocycles. The Labute approximate surface area is 230 Å². The molecule has 0 aliphatic carbocycles. The molecule has 1 fully saturated rings. The number of ether oxygens (including phenoxy) is 1. The summed E-state index contributed by atoms with van der Waals surface area (Å²) in [6, 6.07) is 0. The Hall–Kier alpha value is -1.66. The number of phosphoric ester groups is 1. The first-order valence-electron chi connectivity index (χ1n) is 14.4. The Morgan fingerprint density at radius 1 is 0.897 bits per heavy atom. The molecule has 13 heteroatoms. The molecule has 1 aliphatic heterocycles. The van der Waals surface area contributed by atoms with Gasteiger partial charge in [-0.3, -0.25) is 13.6 Å². The zero-order valence-corrected chi connectivity index (χ0v) is 24.0. The Morgan fingerprint density at radius 3 is 2.10 bits per heavy atom. The van der Waals surface area contributed by atoms with E-state index in [1.807, 2.05) is 0 Å². The number of hydrogen-bond donors (Lipinski definition) is 4. The van der Waals surface area contributed by atoms with Crippen LogP contribution >= 0.6 is 7.82 Å². The summed E-state index contributed by atoms with van der Waals surface area (Å²) in [4.78, 5) is 22.1. The number of rotatable bonds is 20. The second-order valence-corrected chi connectivity index (χ2v) is 11.8. The standard InChI is InChI=1S/C26H46N5O7P/c1-2-3-4-5-6-7-8-9-10-11-12-13-14-15-16-36-39(34,35)37-17-20-22(32)23(33)26(38-20)31-19-30-21-24(27)28-18-29-25(21)31/h18-20,22-23,26,32-33H,2-17H2,1H3,(H,34,35)(H2,27,28,29)/t20-,22-,23+,26-/m1/s1. The Bertz CT molecular complexity index is 1030. The number of phosphoric acid groups is 1. The molecule has 0 amide bonds. The molecule has 5 atom stereocenters. The lowest BCUT2D eigenvalue weighted by Crippen LogP contribution is -2.33. The van der Waals surface area contributed by atoms with Crippen molar-refractivity contribution in [2.24, 2.45) is 0 Å². The molecule has 1 saturated heterocycles. The van der Waals surface area contributed by atoms with Gasteiger partial charge >= 0.3 is 7.82 Å². The normalized spacial score (nSPS) is 23.0. The predicted molar refractivity (Wildman–Crippen MR) is 148 cm³/mol. The summed E-state index contributed by atoms with van der Waals surface area (Å²) in [7, 11) is -4.33. The molecule has 3 rings (SSSR count). The number of anilines is 1. The molecule has 3 heterocycles. The van der Waals surface area contributed by atoms with Gasteiger partial charge in [0.05, 0.1) is 19.5 Å². The molecule has 1 unspecified atom stereocenters. The van der Waals surface area contributed by atoms with Crippen molar-refractivity contribution in [3.05, 3.63) is 12.7 Å². The van der Waals surface area contributed by atoms with Crippen LogP contribution in [-0.2, 0) is 18.3 Å². The Kier molecular flexibility index (Phi) is 13.5. The van der Waals surface area contributed by atoms with Crippen molar-refractivity contribution in [2.75, 3.05) is 18.9 Å². The highest BCUT2D eigenvalue weighted by atomic mass is 31.2. The maximum atomic E-state index is 12.3. The van der Waals surface area contributed by atoms with Crippen molar-refractivity contribution in [3.63, 3.8) is 0 Å². The number of hydrogen-bond acceptors (Lipinski definition) is 10. The SMILES string of the molecule is CCCCCCCCCCCCCCCCOP(=O)(O)OC[C@H]1O[C@@H](n2cnc3c(N)ncnc32)[C@@H](O)[C@@H]1O. The minimum absolute atomic E-state index is 0.104. The number of imidazole rings is 1. The van der Waals surface area contributed by atoms with E-state index in [1.54, 1.807) is 0 Å². The number of nitrogen functional groups attached to an aromatic ring is 1. The van der Waals surface area contributed by atoms with Crippen molar-refractivity contribution in [3.8, 4) is 0 Å². The third-order valence-electron chi connectivity index (χ3n) is 7.15. The van der Waals surface area contributed by atoms with Crippen LogP contribution < -0.4 is 5.73 Å². The summed E-state index contributed by atoms with van der Waals surface area (Å²) < 4.78 is 29.5. The molecule has 5 N–H and O–H groups in total. The van der Waals surface area contributed by atoms with Crippen LogP contribution in [0.4, 0.5) is 5.82 Å². The maximum Gasteiger partial charge on any atom is 0.472 e. The number of nitrogens with zero attached hydrogens (tertiary/aromatic N) is 4. The van der Waals surface area contributed by atoms with Crippen molar-refractivity contribution in [1.82, 2.24) is 19.5 Å². The van der Waals surface area contributed by atoms with Crippen molar-refractivity contribution < 1.29 is 33.5 Å². The second kappa shape index (κ2) is 16.6. The molecule has 1 aliphatic rings. The van der Waals surface area contributed by atoms with Gasteiger partial charge in [-0.25, -0.2) is 19.5 Å². The van der Waals surface area contributed by atoms with E-state index in [4.69, 9.17) is 19.5 Å². The maximum absolute atomic E-state index is 12.3. The fourth-order valence-corrected chi connectivity index (χ4v) is 5.60. The van der Waals surface area contributed by atoms with Gasteiger partial charge in [-0.05, 0) is 6.42 Å². The average Bonchev–Trinajstić information content (AvgIpc) is 3.47. The molecule has 0 bridgehead atoms. The summed E-state index contributed by atoms with van der Waals surface area (Å²) in [5.41, 5.74) is 6.45. The molecule has 39 heavy (non-hydrogen) atoms. The summed E-state index contributed by atoms with van der Waals surface area (Å²) >= 11 is 0. The van der Waals surface area contributed by atoms with Crippen molar-refractivity contribution in [1.29, 1.82) is 0 Å². The predicted octanol–water partition coefficient (Wildman–Crippen LogP) is 4.64. The van der Waals surface area contributed by atoms with Gasteiger partial charge in [0, 0.05) is 0 Å². The molecular formula is C26H46N5O7P. The molecule has 2 aromatic rings. The summed E-state index contributed by atoms with van der Waals surface area (Å²) in [6.45, 7) is 1.91. The molecular weight excluding hydrogens is 525 g/mol. The molecule has 12 nitrogen and oxygen atoms in total. The first-order valence-corrected chi connectivity index (χ1v) is 15.9. The summed E-state index contributed by atoms with van der Waals surface area (Å²) in [6.07, 6.45) is 14.9. The van der Waals surface area contributed by atoms with Crippen LogP contribution in [0, 0.1) is 0 Å². The van der Waals surface area contributed by atoms with Crippen LogP contribution in [-0.4, -0.2) is 66.2 Å². The van der Waals surface area contributed by atoms with E-state index in [9.17, 15) is 19.7 Å². The third-order valence-corrected chi connectivity index (χ3v) is 8.14. The summed E-state index contributed by atoms with van der Waals surface area (Å²) in [5.74, 6) is 0.170. The fourth-order valence-electron chi connectivity index (χ4n) is 4.83. The van der Waals surface area contributed by atoms with E-state index in [0.717, 1.165) is 19.3 Å². The largest absolute Gasteiger partial charge is 0.472 e. The lowest BCUT2D eigenvalue weighted by molar-refractivity contribution is -0.0514. The van der Waals surface area contributed by atoms with Crippen molar-refractivity contribution >= 4 is 24.8 Å². The molecule has 222 valence electrons. The van der Waals surface area contributed by atoms with E-state index in [0.29, 0.717) is 17.6 Å². The molecule has 0 radical (unpaired) electrons. The molecule has 0 aromatic carbocycles. The monoisotopic (exact) mass is 571 g/mol. The fraction of sp³-hybridized carbons (Fsp3) is 0.808. The van der Waals surface area contributed by atoms with Crippen LogP contribution in [0.25, 0.3) is 11.2 Å². The third kappa shape index (κ3) is 10.0. The lowest BCUT2D eigenvalue weighted by Gasteiger charge is -2.17. The van der Waals surface area contributed by atoms with Crippen LogP contribution in [0.5, 0.6) is 0 Å². The van der Waals surface area contributed by atoms with E-state index < -0.39 is 39.0 Å². The zero-order valence-electron chi connectivity index (χ0n) is 23.1. The smallest absolute Gasteiger partial charge is 0.387 e. The van der Waals surface area contributed by atoms with Gasteiger partial charge in [-0.15, -0.1) is 0 Å². The van der Waals surface area contributed by atoms with E-state index in [1.165, 1.54) is 81.4 Å². The first-order chi connectivity index (χ1) is 18.8. The quantitative estimate of drug-likeness (QED) is 0.129. The van der Waals surface area contributed by atoms with Gasteiger partial charge < -0.3 is 25.6 Å². The number of fused-ring (bicyclic) bond motifs is 1. The number of aliphatic hydroxyl groups excluding tert-OH is 2. The van der Waals surface area contributed by atoms with Gasteiger partial charge in [-0.2, -0.15) is 0 Å². The van der Waals surface area contributed by atoms with E-state index >= 15 is 0 Å². The zero-order chi connectivity index (χ0) is 28.1. The van der Waals surface area contributed by atoms with Gasteiger partial charge in [0.25, 0.3) is 0 Å². The minimum Gasteiger partial charge on any atom is -0.387 e. The number of nitrogens with two attached hydrogens (primary N) is 1. The minimum atomic E-state index is -4.33. The second-order valence-electron chi connectivity index (χ2n) is 10.3. The molecule has 0 spiro atoms. The number of aromatic nitrogens is 4. The number of unbranched alkanes of at least 4 members (excludes halogenated alkanes) is 13.